The molecule has 1 N–H and O–H groups in total. The van der Waals surface area contributed by atoms with E-state index in [1.54, 1.807) is 7.11 Å². The monoisotopic (exact) mass is 241 g/mol. The van der Waals surface area contributed by atoms with Crippen LogP contribution >= 0.6 is 0 Å². The first-order chi connectivity index (χ1) is 8.36. The lowest BCUT2D eigenvalue weighted by Crippen LogP contribution is -2.16. The molecule has 0 aliphatic rings. The summed E-state index contributed by atoms with van der Waals surface area (Å²) in [5.74, 6) is 0. The Kier molecular flexibility index (Phi) is 7.62. The summed E-state index contributed by atoms with van der Waals surface area (Å²) in [6.07, 6.45) is 4.92. The van der Waals surface area contributed by atoms with Crippen molar-refractivity contribution in [2.75, 3.05) is 40.0 Å². The minimum Gasteiger partial charge on any atom is -0.382 e. The van der Waals surface area contributed by atoms with Crippen molar-refractivity contribution in [3.05, 3.63) is 18.2 Å². The smallest absolute Gasteiger partial charge is 0.0950 e. The van der Waals surface area contributed by atoms with Crippen LogP contribution in [0.25, 0.3) is 0 Å². The predicted octanol–water partition coefficient (Wildman–Crippen LogP) is 0.698. The van der Waals surface area contributed by atoms with E-state index in [9.17, 15) is 0 Å². The molecular formula is C12H23N3O2. The van der Waals surface area contributed by atoms with Crippen molar-refractivity contribution in [2.24, 2.45) is 0 Å². The Hall–Kier alpha value is -0.910. The maximum Gasteiger partial charge on any atom is 0.0950 e. The Morgan fingerprint density at radius 2 is 2.24 bits per heavy atom. The lowest BCUT2D eigenvalue weighted by Gasteiger charge is -2.03. The fraction of sp³-hybridized carbons (Fsp3) is 0.750. The van der Waals surface area contributed by atoms with Crippen molar-refractivity contribution < 1.29 is 9.47 Å². The zero-order chi connectivity index (χ0) is 12.3. The van der Waals surface area contributed by atoms with E-state index in [1.165, 1.54) is 0 Å². The lowest BCUT2D eigenvalue weighted by molar-refractivity contribution is 0.0666. The number of nitrogens with zero attached hydrogens (tertiary/aromatic N) is 2. The SMILES string of the molecule is CCNCCc1cn(CCOCCOC)cn1. The van der Waals surface area contributed by atoms with Gasteiger partial charge >= 0.3 is 0 Å². The van der Waals surface area contributed by atoms with Crippen molar-refractivity contribution in [1.82, 2.24) is 14.9 Å². The van der Waals surface area contributed by atoms with Gasteiger partial charge in [-0.05, 0) is 6.54 Å². The molecule has 5 nitrogen and oxygen atoms in total. The van der Waals surface area contributed by atoms with Crippen LogP contribution in [0.2, 0.25) is 0 Å². The number of hydrogen-bond donors (Lipinski definition) is 1. The number of ether oxygens (including phenoxy) is 2. The molecule has 17 heavy (non-hydrogen) atoms. The molecule has 0 saturated carbocycles. The topological polar surface area (TPSA) is 48.3 Å². The van der Waals surface area contributed by atoms with Gasteiger partial charge in [-0.1, -0.05) is 6.92 Å². The van der Waals surface area contributed by atoms with Crippen molar-refractivity contribution >= 4 is 0 Å². The quantitative estimate of drug-likeness (QED) is 0.613. The lowest BCUT2D eigenvalue weighted by atomic mass is 10.3. The average Bonchev–Trinajstić information content (AvgIpc) is 2.77. The normalized spacial score (nSPS) is 10.9. The molecule has 1 aromatic rings. The van der Waals surface area contributed by atoms with E-state index < -0.39 is 0 Å². The zero-order valence-electron chi connectivity index (χ0n) is 10.8. The summed E-state index contributed by atoms with van der Waals surface area (Å²) in [6, 6.07) is 0. The van der Waals surface area contributed by atoms with Crippen LogP contribution in [0.1, 0.15) is 12.6 Å². The highest BCUT2D eigenvalue weighted by Crippen LogP contribution is 1.97. The van der Waals surface area contributed by atoms with E-state index in [0.29, 0.717) is 19.8 Å². The van der Waals surface area contributed by atoms with E-state index in [-0.39, 0.29) is 0 Å². The molecule has 0 saturated heterocycles. The molecule has 0 aromatic carbocycles. The van der Waals surface area contributed by atoms with Crippen LogP contribution in [0, 0.1) is 0 Å². The number of likely N-dealkylation sites (N-methyl/N-ethyl adjacent to an activating group) is 1. The number of imidazole rings is 1. The molecule has 1 aromatic heterocycles. The summed E-state index contributed by atoms with van der Waals surface area (Å²) >= 11 is 0. The molecule has 1 heterocycles. The first-order valence-electron chi connectivity index (χ1n) is 6.15. The molecule has 0 aliphatic carbocycles. The van der Waals surface area contributed by atoms with Gasteiger partial charge in [-0.15, -0.1) is 0 Å². The largest absolute Gasteiger partial charge is 0.382 e. The molecule has 0 amide bonds. The Labute approximate surface area is 103 Å². The zero-order valence-corrected chi connectivity index (χ0v) is 10.8. The summed E-state index contributed by atoms with van der Waals surface area (Å²) in [5.41, 5.74) is 1.13. The molecule has 0 spiro atoms. The predicted molar refractivity (Wildman–Crippen MR) is 67.2 cm³/mol. The van der Waals surface area contributed by atoms with Gasteiger partial charge in [0.25, 0.3) is 0 Å². The van der Waals surface area contributed by atoms with Gasteiger partial charge in [-0.3, -0.25) is 0 Å². The fourth-order valence-electron chi connectivity index (χ4n) is 1.47. The Morgan fingerprint density at radius 3 is 3.00 bits per heavy atom. The first-order valence-corrected chi connectivity index (χ1v) is 6.15. The van der Waals surface area contributed by atoms with Crippen LogP contribution in [-0.2, 0) is 22.4 Å². The van der Waals surface area contributed by atoms with E-state index in [4.69, 9.17) is 9.47 Å². The van der Waals surface area contributed by atoms with Gasteiger partial charge in [-0.2, -0.15) is 0 Å². The second-order valence-electron chi connectivity index (χ2n) is 3.81. The molecule has 5 heteroatoms. The molecule has 0 fully saturated rings. The maximum atomic E-state index is 5.40. The van der Waals surface area contributed by atoms with Crippen molar-refractivity contribution in [2.45, 2.75) is 19.9 Å². The summed E-state index contributed by atoms with van der Waals surface area (Å²) in [6.45, 7) is 6.95. The van der Waals surface area contributed by atoms with Gasteiger partial charge < -0.3 is 19.4 Å². The second-order valence-corrected chi connectivity index (χ2v) is 3.81. The Balaban J connectivity index is 2.12. The molecule has 0 radical (unpaired) electrons. The van der Waals surface area contributed by atoms with E-state index in [0.717, 1.165) is 31.7 Å². The summed E-state index contributed by atoms with van der Waals surface area (Å²) < 4.78 is 12.4. The molecule has 98 valence electrons. The number of rotatable bonds is 10. The van der Waals surface area contributed by atoms with Gasteiger partial charge in [0.2, 0.25) is 0 Å². The molecule has 0 bridgehead atoms. The van der Waals surface area contributed by atoms with Gasteiger partial charge in [0.1, 0.15) is 0 Å². The number of nitrogens with one attached hydrogen (secondary N) is 1. The van der Waals surface area contributed by atoms with E-state index in [2.05, 4.69) is 28.0 Å². The molecule has 0 unspecified atom stereocenters. The summed E-state index contributed by atoms with van der Waals surface area (Å²) in [7, 11) is 1.68. The average molecular weight is 241 g/mol. The molecule has 0 atom stereocenters. The van der Waals surface area contributed by atoms with Crippen LogP contribution < -0.4 is 5.32 Å². The summed E-state index contributed by atoms with van der Waals surface area (Å²) in [4.78, 5) is 4.35. The van der Waals surface area contributed by atoms with Gasteiger partial charge in [0, 0.05) is 32.8 Å². The number of aromatic nitrogens is 2. The van der Waals surface area contributed by atoms with E-state index >= 15 is 0 Å². The van der Waals surface area contributed by atoms with Crippen LogP contribution in [0.3, 0.4) is 0 Å². The number of methoxy groups -OCH3 is 1. The van der Waals surface area contributed by atoms with Crippen LogP contribution in [0.5, 0.6) is 0 Å². The van der Waals surface area contributed by atoms with Gasteiger partial charge in [0.05, 0.1) is 31.8 Å². The van der Waals surface area contributed by atoms with E-state index in [1.807, 2.05) is 6.33 Å². The first kappa shape index (κ1) is 14.2. The van der Waals surface area contributed by atoms with Crippen LogP contribution in [-0.4, -0.2) is 49.6 Å². The molecule has 1 rings (SSSR count). The minimum absolute atomic E-state index is 0.651. The molecular weight excluding hydrogens is 218 g/mol. The third kappa shape index (κ3) is 6.41. The fourth-order valence-corrected chi connectivity index (χ4v) is 1.47. The highest BCUT2D eigenvalue weighted by Gasteiger charge is 1.98. The van der Waals surface area contributed by atoms with Crippen LogP contribution in [0.15, 0.2) is 12.5 Å². The van der Waals surface area contributed by atoms with Crippen LogP contribution in [0.4, 0.5) is 0 Å². The third-order valence-corrected chi connectivity index (χ3v) is 2.42. The highest BCUT2D eigenvalue weighted by atomic mass is 16.5. The highest BCUT2D eigenvalue weighted by molar-refractivity contribution is 4.97. The van der Waals surface area contributed by atoms with Crippen molar-refractivity contribution in [3.8, 4) is 0 Å². The van der Waals surface area contributed by atoms with Gasteiger partial charge in [-0.25, -0.2) is 4.98 Å². The number of hydrogen-bond acceptors (Lipinski definition) is 4. The molecule has 0 aliphatic heterocycles. The third-order valence-electron chi connectivity index (χ3n) is 2.42. The summed E-state index contributed by atoms with van der Waals surface area (Å²) in [5, 5.41) is 3.28. The Bertz CT molecular complexity index is 289. The van der Waals surface area contributed by atoms with Crippen molar-refractivity contribution in [3.63, 3.8) is 0 Å². The standard InChI is InChI=1S/C12H23N3O2/c1-3-13-5-4-12-10-15(11-14-12)6-7-17-9-8-16-2/h10-11,13H,3-9H2,1-2H3. The minimum atomic E-state index is 0.651. The Morgan fingerprint density at radius 1 is 1.35 bits per heavy atom. The second kappa shape index (κ2) is 9.15. The van der Waals surface area contributed by atoms with Gasteiger partial charge in [0.15, 0.2) is 0 Å². The maximum absolute atomic E-state index is 5.40. The van der Waals surface area contributed by atoms with Crippen molar-refractivity contribution in [1.29, 1.82) is 0 Å².